The molecule has 0 aromatic heterocycles. The second kappa shape index (κ2) is 5.61. The van der Waals surface area contributed by atoms with E-state index < -0.39 is 0 Å². The van der Waals surface area contributed by atoms with Gasteiger partial charge in [-0.2, -0.15) is 0 Å². The van der Waals surface area contributed by atoms with Crippen molar-refractivity contribution >= 4 is 11.4 Å². The van der Waals surface area contributed by atoms with Crippen LogP contribution in [-0.2, 0) is 0 Å². The number of benzene rings is 1. The molecule has 2 unspecified atom stereocenters. The summed E-state index contributed by atoms with van der Waals surface area (Å²) in [6, 6.07) is 6.32. The van der Waals surface area contributed by atoms with E-state index in [-0.39, 0.29) is 12.1 Å². The minimum Gasteiger partial charge on any atom is -0.399 e. The van der Waals surface area contributed by atoms with E-state index in [9.17, 15) is 5.11 Å². The maximum Gasteiger partial charge on any atom is 0.0740 e. The lowest BCUT2D eigenvalue weighted by Crippen LogP contribution is -2.43. The standard InChI is InChI=1S/C15H24N2O/c1-11-10-13(7-8-14(11)16)17-9-5-3-4-6-15(18)12(17)2/h7-8,10,12,15,18H,3-6,9,16H2,1-2H3. The monoisotopic (exact) mass is 248 g/mol. The minimum absolute atomic E-state index is 0.174. The number of nitrogen functional groups attached to an aromatic ring is 1. The maximum atomic E-state index is 10.2. The third-order valence-corrected chi connectivity index (χ3v) is 4.03. The summed E-state index contributed by atoms with van der Waals surface area (Å²) in [5, 5.41) is 10.2. The Morgan fingerprint density at radius 1 is 1.28 bits per heavy atom. The molecule has 3 nitrogen and oxygen atoms in total. The summed E-state index contributed by atoms with van der Waals surface area (Å²) in [6.07, 6.45) is 4.21. The van der Waals surface area contributed by atoms with Crippen molar-refractivity contribution in [2.24, 2.45) is 0 Å². The van der Waals surface area contributed by atoms with E-state index in [2.05, 4.69) is 24.0 Å². The van der Waals surface area contributed by atoms with E-state index in [1.165, 1.54) is 18.5 Å². The molecule has 2 rings (SSSR count). The predicted octanol–water partition coefficient (Wildman–Crippen LogP) is 2.71. The van der Waals surface area contributed by atoms with Crippen LogP contribution in [-0.4, -0.2) is 23.8 Å². The maximum absolute atomic E-state index is 10.2. The van der Waals surface area contributed by atoms with Gasteiger partial charge in [0.25, 0.3) is 0 Å². The Labute approximate surface area is 110 Å². The Bertz CT molecular complexity index is 405. The van der Waals surface area contributed by atoms with Gasteiger partial charge in [0.1, 0.15) is 0 Å². The molecule has 3 N–H and O–H groups in total. The molecule has 0 bridgehead atoms. The topological polar surface area (TPSA) is 49.5 Å². The highest BCUT2D eigenvalue weighted by Gasteiger charge is 2.23. The molecule has 0 spiro atoms. The largest absolute Gasteiger partial charge is 0.399 e. The number of rotatable bonds is 1. The molecule has 1 saturated heterocycles. The molecule has 2 atom stereocenters. The van der Waals surface area contributed by atoms with Crippen LogP contribution in [0.5, 0.6) is 0 Å². The quantitative estimate of drug-likeness (QED) is 0.751. The minimum atomic E-state index is -0.233. The lowest BCUT2D eigenvalue weighted by Gasteiger charge is -2.36. The predicted molar refractivity (Wildman–Crippen MR) is 76.9 cm³/mol. The van der Waals surface area contributed by atoms with Crippen LogP contribution in [0.2, 0.25) is 0 Å². The van der Waals surface area contributed by atoms with Crippen molar-refractivity contribution in [1.29, 1.82) is 0 Å². The number of nitrogens with two attached hydrogens (primary N) is 1. The van der Waals surface area contributed by atoms with Gasteiger partial charge in [-0.1, -0.05) is 12.8 Å². The fraction of sp³-hybridized carbons (Fsp3) is 0.600. The summed E-state index contributed by atoms with van der Waals surface area (Å²) >= 11 is 0. The number of anilines is 2. The summed E-state index contributed by atoms with van der Waals surface area (Å²) < 4.78 is 0. The summed E-state index contributed by atoms with van der Waals surface area (Å²) in [6.45, 7) is 5.16. The molecule has 100 valence electrons. The van der Waals surface area contributed by atoms with Crippen molar-refractivity contribution < 1.29 is 5.11 Å². The Hall–Kier alpha value is -1.22. The molecular weight excluding hydrogens is 224 g/mol. The van der Waals surface area contributed by atoms with Crippen LogP contribution in [0.1, 0.15) is 38.2 Å². The van der Waals surface area contributed by atoms with Gasteiger partial charge in [0.15, 0.2) is 0 Å². The van der Waals surface area contributed by atoms with E-state index in [1.54, 1.807) is 0 Å². The fourth-order valence-corrected chi connectivity index (χ4v) is 2.67. The van der Waals surface area contributed by atoms with E-state index in [0.717, 1.165) is 30.6 Å². The van der Waals surface area contributed by atoms with Crippen molar-refractivity contribution in [3.8, 4) is 0 Å². The molecular formula is C15H24N2O. The van der Waals surface area contributed by atoms with Crippen LogP contribution < -0.4 is 10.6 Å². The molecule has 1 aromatic rings. The molecule has 0 radical (unpaired) electrons. The Morgan fingerprint density at radius 2 is 2.06 bits per heavy atom. The third kappa shape index (κ3) is 2.78. The molecule has 3 heteroatoms. The first-order chi connectivity index (χ1) is 8.59. The first kappa shape index (κ1) is 13.2. The molecule has 1 aromatic carbocycles. The second-order valence-corrected chi connectivity index (χ2v) is 5.39. The SMILES string of the molecule is Cc1cc(N2CCCCCC(O)C2C)ccc1N. The number of aliphatic hydroxyl groups is 1. The number of nitrogens with zero attached hydrogens (tertiary/aromatic N) is 1. The van der Waals surface area contributed by atoms with Gasteiger partial charge in [-0.3, -0.25) is 0 Å². The van der Waals surface area contributed by atoms with Crippen LogP contribution in [0.15, 0.2) is 18.2 Å². The third-order valence-electron chi connectivity index (χ3n) is 4.03. The molecule has 1 heterocycles. The normalized spacial score (nSPS) is 25.6. The molecule has 1 aliphatic rings. The average Bonchev–Trinajstić information content (AvgIpc) is 2.34. The molecule has 18 heavy (non-hydrogen) atoms. The smallest absolute Gasteiger partial charge is 0.0740 e. The molecule has 1 aliphatic heterocycles. The zero-order valence-corrected chi connectivity index (χ0v) is 11.4. The highest BCUT2D eigenvalue weighted by atomic mass is 16.3. The van der Waals surface area contributed by atoms with Crippen LogP contribution in [0, 0.1) is 6.92 Å². The van der Waals surface area contributed by atoms with Gasteiger partial charge in [-0.05, 0) is 50.5 Å². The zero-order chi connectivity index (χ0) is 13.1. The molecule has 1 fully saturated rings. The Balaban J connectivity index is 2.24. The van der Waals surface area contributed by atoms with Crippen molar-refractivity contribution in [1.82, 2.24) is 0 Å². The van der Waals surface area contributed by atoms with Crippen molar-refractivity contribution in [2.75, 3.05) is 17.2 Å². The first-order valence-corrected chi connectivity index (χ1v) is 6.90. The number of aryl methyl sites for hydroxylation is 1. The summed E-state index contributed by atoms with van der Waals surface area (Å²) in [7, 11) is 0. The summed E-state index contributed by atoms with van der Waals surface area (Å²) in [5.41, 5.74) is 8.98. The van der Waals surface area contributed by atoms with Crippen LogP contribution in [0.3, 0.4) is 0 Å². The highest BCUT2D eigenvalue weighted by Crippen LogP contribution is 2.26. The second-order valence-electron chi connectivity index (χ2n) is 5.39. The summed E-state index contributed by atoms with van der Waals surface area (Å²) in [5.74, 6) is 0. The van der Waals surface area contributed by atoms with Gasteiger partial charge >= 0.3 is 0 Å². The highest BCUT2D eigenvalue weighted by molar-refractivity contribution is 5.58. The van der Waals surface area contributed by atoms with Crippen LogP contribution >= 0.6 is 0 Å². The van der Waals surface area contributed by atoms with Gasteiger partial charge in [0.05, 0.1) is 12.1 Å². The van der Waals surface area contributed by atoms with Gasteiger partial charge in [-0.25, -0.2) is 0 Å². The van der Waals surface area contributed by atoms with Gasteiger partial charge < -0.3 is 15.7 Å². The molecule has 0 saturated carbocycles. The van der Waals surface area contributed by atoms with E-state index in [4.69, 9.17) is 5.73 Å². The molecule has 0 amide bonds. The first-order valence-electron chi connectivity index (χ1n) is 6.90. The lowest BCUT2D eigenvalue weighted by atomic mass is 9.99. The number of aliphatic hydroxyl groups excluding tert-OH is 1. The Kier molecular flexibility index (Phi) is 4.12. The fourth-order valence-electron chi connectivity index (χ4n) is 2.67. The lowest BCUT2D eigenvalue weighted by molar-refractivity contribution is 0.129. The molecule has 0 aliphatic carbocycles. The summed E-state index contributed by atoms with van der Waals surface area (Å²) in [4.78, 5) is 2.32. The van der Waals surface area contributed by atoms with E-state index in [0.29, 0.717) is 0 Å². The van der Waals surface area contributed by atoms with Crippen molar-refractivity contribution in [3.63, 3.8) is 0 Å². The van der Waals surface area contributed by atoms with Crippen LogP contribution in [0.4, 0.5) is 11.4 Å². The van der Waals surface area contributed by atoms with E-state index >= 15 is 0 Å². The number of hydrogen-bond donors (Lipinski definition) is 2. The number of hydrogen-bond acceptors (Lipinski definition) is 3. The average molecular weight is 248 g/mol. The van der Waals surface area contributed by atoms with Crippen molar-refractivity contribution in [2.45, 2.75) is 51.7 Å². The van der Waals surface area contributed by atoms with Crippen molar-refractivity contribution in [3.05, 3.63) is 23.8 Å². The van der Waals surface area contributed by atoms with E-state index in [1.807, 2.05) is 13.0 Å². The Morgan fingerprint density at radius 3 is 2.78 bits per heavy atom. The zero-order valence-electron chi connectivity index (χ0n) is 11.4. The van der Waals surface area contributed by atoms with Gasteiger partial charge in [-0.15, -0.1) is 0 Å². The van der Waals surface area contributed by atoms with Gasteiger partial charge in [0, 0.05) is 17.9 Å². The van der Waals surface area contributed by atoms with Crippen LogP contribution in [0.25, 0.3) is 0 Å². The van der Waals surface area contributed by atoms with Gasteiger partial charge in [0.2, 0.25) is 0 Å².